The summed E-state index contributed by atoms with van der Waals surface area (Å²) in [7, 11) is -3.90. The van der Waals surface area contributed by atoms with Gasteiger partial charge in [0.15, 0.2) is 5.69 Å². The molecule has 0 bridgehead atoms. The highest BCUT2D eigenvalue weighted by atomic mass is 35.5. The summed E-state index contributed by atoms with van der Waals surface area (Å²) in [5.41, 5.74) is -0.800. The number of rotatable bonds is 8. The van der Waals surface area contributed by atoms with Crippen molar-refractivity contribution in [1.82, 2.24) is 19.4 Å². The quantitative estimate of drug-likeness (QED) is 0.400. The van der Waals surface area contributed by atoms with E-state index in [2.05, 4.69) is 10.4 Å². The van der Waals surface area contributed by atoms with E-state index in [-0.39, 0.29) is 51.0 Å². The maximum Gasteiger partial charge on any atom is 0.436 e. The summed E-state index contributed by atoms with van der Waals surface area (Å²) in [6, 6.07) is 2.39. The number of piperidine rings is 1. The zero-order chi connectivity index (χ0) is 26.3. The molecule has 0 unspecified atom stereocenters. The fraction of sp³-hybridized carbons (Fsp3) is 0.545. The van der Waals surface area contributed by atoms with E-state index in [0.29, 0.717) is 18.8 Å². The largest absolute Gasteiger partial charge is 0.436 e. The van der Waals surface area contributed by atoms with Gasteiger partial charge in [-0.2, -0.15) is 22.6 Å². The number of carbonyl (C=O) groups excluding carboxylic acids is 1. The molecule has 1 aliphatic carbocycles. The average Bonchev–Trinajstić information content (AvgIpc) is 3.58. The smallest absolute Gasteiger partial charge is 0.352 e. The SMILES string of the molecule is O=C(NCCCn1nc(C(F)(F)F)c(Cl)c1C1CC1)c1cc(S(=O)(=O)N2CCCCC2)c(Cl)cc1Cl. The molecular weight excluding hydrogens is 564 g/mol. The normalized spacial score (nSPS) is 17.4. The number of aryl methyl sites for hydroxylation is 1. The van der Waals surface area contributed by atoms with Gasteiger partial charge >= 0.3 is 6.18 Å². The van der Waals surface area contributed by atoms with Gasteiger partial charge in [-0.3, -0.25) is 9.48 Å². The van der Waals surface area contributed by atoms with Crippen LogP contribution in [-0.2, 0) is 22.7 Å². The number of halogens is 6. The van der Waals surface area contributed by atoms with E-state index < -0.39 is 27.8 Å². The van der Waals surface area contributed by atoms with E-state index in [4.69, 9.17) is 34.8 Å². The third kappa shape index (κ3) is 5.80. The number of benzene rings is 1. The second-order valence-corrected chi connectivity index (χ2v) is 12.0. The molecule has 4 rings (SSSR count). The van der Waals surface area contributed by atoms with E-state index in [1.807, 2.05) is 0 Å². The lowest BCUT2D eigenvalue weighted by molar-refractivity contribution is -0.141. The lowest BCUT2D eigenvalue weighted by Gasteiger charge is -2.26. The molecule has 1 aromatic heterocycles. The Hall–Kier alpha value is -1.53. The van der Waals surface area contributed by atoms with Crippen molar-refractivity contribution in [3.8, 4) is 0 Å². The molecule has 1 amide bonds. The Morgan fingerprint density at radius 2 is 1.75 bits per heavy atom. The molecule has 2 aromatic rings. The number of carbonyl (C=O) groups is 1. The lowest BCUT2D eigenvalue weighted by atomic mass is 10.2. The Balaban J connectivity index is 1.44. The number of nitrogens with zero attached hydrogens (tertiary/aromatic N) is 3. The first-order valence-corrected chi connectivity index (χ1v) is 14.1. The molecule has 1 aliphatic heterocycles. The summed E-state index contributed by atoms with van der Waals surface area (Å²) >= 11 is 18.3. The fourth-order valence-electron chi connectivity index (χ4n) is 4.22. The minimum atomic E-state index is -4.65. The van der Waals surface area contributed by atoms with Crippen LogP contribution in [0.3, 0.4) is 0 Å². The predicted octanol–water partition coefficient (Wildman–Crippen LogP) is 5.73. The Morgan fingerprint density at radius 1 is 1.08 bits per heavy atom. The third-order valence-electron chi connectivity index (χ3n) is 6.20. The molecule has 36 heavy (non-hydrogen) atoms. The molecule has 1 saturated carbocycles. The van der Waals surface area contributed by atoms with E-state index >= 15 is 0 Å². The molecule has 2 aliphatic rings. The summed E-state index contributed by atoms with van der Waals surface area (Å²) < 4.78 is 68.4. The van der Waals surface area contributed by atoms with Crippen molar-refractivity contribution in [2.45, 2.75) is 62.1 Å². The van der Waals surface area contributed by atoms with Crippen LogP contribution in [0.5, 0.6) is 0 Å². The van der Waals surface area contributed by atoms with Crippen LogP contribution in [0.25, 0.3) is 0 Å². The minimum Gasteiger partial charge on any atom is -0.352 e. The number of nitrogens with one attached hydrogen (secondary N) is 1. The highest BCUT2D eigenvalue weighted by Gasteiger charge is 2.42. The number of amides is 1. The molecule has 0 spiro atoms. The standard InChI is InChI=1S/C22H24Cl3F3N4O3S/c23-15-12-16(24)17(36(34,35)31-8-2-1-3-9-31)11-14(15)21(33)29-7-4-10-32-19(13-5-6-13)18(25)20(30-32)22(26,27)28/h11-13H,1-10H2,(H,29,33). The molecule has 0 radical (unpaired) electrons. The van der Waals surface area contributed by atoms with Crippen LogP contribution in [0.15, 0.2) is 17.0 Å². The molecule has 198 valence electrons. The number of alkyl halides is 3. The monoisotopic (exact) mass is 586 g/mol. The van der Waals surface area contributed by atoms with Gasteiger partial charge in [0.1, 0.15) is 4.90 Å². The first-order valence-electron chi connectivity index (χ1n) is 11.5. The third-order valence-corrected chi connectivity index (χ3v) is 9.24. The van der Waals surface area contributed by atoms with Gasteiger partial charge in [0.2, 0.25) is 10.0 Å². The molecule has 2 heterocycles. The Morgan fingerprint density at radius 3 is 2.36 bits per heavy atom. The van der Waals surface area contributed by atoms with Crippen LogP contribution in [0, 0.1) is 0 Å². The van der Waals surface area contributed by atoms with Crippen molar-refractivity contribution in [3.05, 3.63) is 44.2 Å². The molecule has 7 nitrogen and oxygen atoms in total. The van der Waals surface area contributed by atoms with Crippen molar-refractivity contribution >= 4 is 50.7 Å². The number of sulfonamides is 1. The zero-order valence-corrected chi connectivity index (χ0v) is 22.1. The molecular formula is C22H24Cl3F3N4O3S. The highest BCUT2D eigenvalue weighted by molar-refractivity contribution is 7.89. The van der Waals surface area contributed by atoms with E-state index in [9.17, 15) is 26.4 Å². The molecule has 1 N–H and O–H groups in total. The van der Waals surface area contributed by atoms with Gasteiger partial charge in [-0.05, 0) is 44.2 Å². The minimum absolute atomic E-state index is 0.0141. The van der Waals surface area contributed by atoms with Gasteiger partial charge < -0.3 is 5.32 Å². The second-order valence-electron chi connectivity index (χ2n) is 8.88. The van der Waals surface area contributed by atoms with Gasteiger partial charge in [-0.1, -0.05) is 41.2 Å². The van der Waals surface area contributed by atoms with Crippen molar-refractivity contribution in [2.24, 2.45) is 0 Å². The summed E-state index contributed by atoms with van der Waals surface area (Å²) in [4.78, 5) is 12.6. The fourth-order valence-corrected chi connectivity index (χ4v) is 6.97. The zero-order valence-electron chi connectivity index (χ0n) is 19.0. The summed E-state index contributed by atoms with van der Waals surface area (Å²) in [6.45, 7) is 0.956. The molecule has 0 atom stereocenters. The molecule has 1 aromatic carbocycles. The number of hydrogen-bond acceptors (Lipinski definition) is 4. The van der Waals surface area contributed by atoms with Gasteiger partial charge in [-0.15, -0.1) is 0 Å². The predicted molar refractivity (Wildman–Crippen MR) is 130 cm³/mol. The number of hydrogen-bond donors (Lipinski definition) is 1. The molecule has 2 fully saturated rings. The molecule has 1 saturated heterocycles. The second kappa shape index (κ2) is 10.7. The van der Waals surface area contributed by atoms with E-state index in [1.165, 1.54) is 15.1 Å². The van der Waals surface area contributed by atoms with Gasteiger partial charge in [0.05, 0.1) is 26.3 Å². The maximum absolute atomic E-state index is 13.2. The van der Waals surface area contributed by atoms with Crippen molar-refractivity contribution in [2.75, 3.05) is 19.6 Å². The maximum atomic E-state index is 13.2. The first kappa shape index (κ1) is 27.5. The van der Waals surface area contributed by atoms with Crippen molar-refractivity contribution < 1.29 is 26.4 Å². The van der Waals surface area contributed by atoms with Gasteiger partial charge in [-0.25, -0.2) is 8.42 Å². The van der Waals surface area contributed by atoms with Crippen LogP contribution >= 0.6 is 34.8 Å². The summed E-state index contributed by atoms with van der Waals surface area (Å²) in [5.74, 6) is -0.674. The van der Waals surface area contributed by atoms with Gasteiger partial charge in [0, 0.05) is 32.1 Å². The first-order chi connectivity index (χ1) is 16.9. The van der Waals surface area contributed by atoms with Gasteiger partial charge in [0.25, 0.3) is 5.91 Å². The lowest BCUT2D eigenvalue weighted by Crippen LogP contribution is -2.36. The van der Waals surface area contributed by atoms with Crippen molar-refractivity contribution in [1.29, 1.82) is 0 Å². The average molecular weight is 588 g/mol. The Labute approximate surface area is 221 Å². The Kier molecular flexibility index (Phi) is 8.16. The van der Waals surface area contributed by atoms with Crippen LogP contribution in [0.4, 0.5) is 13.2 Å². The van der Waals surface area contributed by atoms with E-state index in [1.54, 1.807) is 0 Å². The summed E-state index contributed by atoms with van der Waals surface area (Å²) in [6.07, 6.45) is -0.464. The van der Waals surface area contributed by atoms with Crippen LogP contribution < -0.4 is 5.32 Å². The topological polar surface area (TPSA) is 84.3 Å². The van der Waals surface area contributed by atoms with E-state index in [0.717, 1.165) is 38.2 Å². The Bertz CT molecular complexity index is 1260. The molecule has 14 heteroatoms. The van der Waals surface area contributed by atoms with Crippen LogP contribution in [-0.4, -0.2) is 48.0 Å². The highest BCUT2D eigenvalue weighted by Crippen LogP contribution is 2.47. The van der Waals surface area contributed by atoms with Crippen LogP contribution in [0.2, 0.25) is 15.1 Å². The van der Waals surface area contributed by atoms with Crippen molar-refractivity contribution in [3.63, 3.8) is 0 Å². The summed E-state index contributed by atoms with van der Waals surface area (Å²) in [5, 5.41) is 5.83. The van der Waals surface area contributed by atoms with Crippen LogP contribution in [0.1, 0.15) is 66.2 Å². The number of aromatic nitrogens is 2.